The van der Waals surface area contributed by atoms with Gasteiger partial charge in [-0.3, -0.25) is 9.69 Å². The Morgan fingerprint density at radius 3 is 2.71 bits per heavy atom. The lowest BCUT2D eigenvalue weighted by atomic mass is 10.2. The van der Waals surface area contributed by atoms with Crippen molar-refractivity contribution < 1.29 is 14.6 Å². The van der Waals surface area contributed by atoms with Crippen molar-refractivity contribution in [3.8, 4) is 0 Å². The fraction of sp³-hybridized carbons (Fsp3) is 0.308. The Labute approximate surface area is 100 Å². The Balaban J connectivity index is 2.27. The van der Waals surface area contributed by atoms with Gasteiger partial charge in [0, 0.05) is 18.6 Å². The topological polar surface area (TPSA) is 49.8 Å². The molecule has 4 heteroatoms. The number of amides is 1. The van der Waals surface area contributed by atoms with E-state index in [0.717, 1.165) is 17.7 Å². The molecule has 0 bridgehead atoms. The van der Waals surface area contributed by atoms with E-state index < -0.39 is 6.23 Å². The van der Waals surface area contributed by atoms with Gasteiger partial charge in [-0.05, 0) is 6.92 Å². The summed E-state index contributed by atoms with van der Waals surface area (Å²) in [4.78, 5) is 12.7. The highest BCUT2D eigenvalue weighted by atomic mass is 16.5. The van der Waals surface area contributed by atoms with E-state index >= 15 is 0 Å². The average Bonchev–Trinajstić information content (AvgIpc) is 2.68. The molecule has 0 saturated heterocycles. The van der Waals surface area contributed by atoms with Crippen LogP contribution >= 0.6 is 0 Å². The standard InChI is InChI=1S/C13H15NO3/c1-10-12(7-8-15)14(9-16)13(17-10)11-5-3-2-4-6-11/h2-6,9,13,15H,7-8H2,1H3. The molecule has 1 amide bonds. The van der Waals surface area contributed by atoms with Crippen LogP contribution in [0.25, 0.3) is 0 Å². The highest BCUT2D eigenvalue weighted by molar-refractivity contribution is 5.54. The first-order valence-electron chi connectivity index (χ1n) is 5.53. The number of rotatable bonds is 4. The SMILES string of the molecule is CC1=C(CCO)N(C=O)C(c2ccccc2)O1. The molecule has 1 aliphatic heterocycles. The second-order valence-electron chi connectivity index (χ2n) is 3.87. The lowest BCUT2D eigenvalue weighted by molar-refractivity contribution is -0.122. The predicted molar refractivity (Wildman–Crippen MR) is 62.6 cm³/mol. The summed E-state index contributed by atoms with van der Waals surface area (Å²) in [5.41, 5.74) is 1.67. The number of allylic oxidation sites excluding steroid dienone is 1. The summed E-state index contributed by atoms with van der Waals surface area (Å²) >= 11 is 0. The van der Waals surface area contributed by atoms with Gasteiger partial charge in [0.2, 0.25) is 12.6 Å². The Morgan fingerprint density at radius 2 is 2.12 bits per heavy atom. The minimum Gasteiger partial charge on any atom is -0.469 e. The zero-order chi connectivity index (χ0) is 12.3. The van der Waals surface area contributed by atoms with Gasteiger partial charge in [-0.25, -0.2) is 0 Å². The summed E-state index contributed by atoms with van der Waals surface area (Å²) in [6.07, 6.45) is 0.767. The Morgan fingerprint density at radius 1 is 1.41 bits per heavy atom. The smallest absolute Gasteiger partial charge is 0.217 e. The number of carbonyl (C=O) groups excluding carboxylic acids is 1. The van der Waals surface area contributed by atoms with Crippen LogP contribution in [0.2, 0.25) is 0 Å². The fourth-order valence-electron chi connectivity index (χ4n) is 1.99. The van der Waals surface area contributed by atoms with E-state index in [1.807, 2.05) is 37.3 Å². The maximum Gasteiger partial charge on any atom is 0.217 e. The van der Waals surface area contributed by atoms with Crippen LogP contribution in [0.15, 0.2) is 41.8 Å². The van der Waals surface area contributed by atoms with Crippen molar-refractivity contribution in [1.29, 1.82) is 0 Å². The first kappa shape index (κ1) is 11.7. The lowest BCUT2D eigenvalue weighted by Gasteiger charge is -2.21. The Kier molecular flexibility index (Phi) is 3.44. The van der Waals surface area contributed by atoms with Crippen LogP contribution in [0.3, 0.4) is 0 Å². The second kappa shape index (κ2) is 5.01. The molecule has 0 aliphatic carbocycles. The Hall–Kier alpha value is -1.81. The van der Waals surface area contributed by atoms with E-state index in [9.17, 15) is 4.79 Å². The molecule has 1 atom stereocenters. The molecule has 90 valence electrons. The van der Waals surface area contributed by atoms with Gasteiger partial charge in [-0.2, -0.15) is 0 Å². The third-order valence-corrected chi connectivity index (χ3v) is 2.81. The zero-order valence-electron chi connectivity index (χ0n) is 9.67. The van der Waals surface area contributed by atoms with E-state index in [-0.39, 0.29) is 6.61 Å². The van der Waals surface area contributed by atoms with Crippen molar-refractivity contribution in [2.24, 2.45) is 0 Å². The van der Waals surface area contributed by atoms with E-state index in [2.05, 4.69) is 0 Å². The van der Waals surface area contributed by atoms with Gasteiger partial charge in [0.1, 0.15) is 5.76 Å². The third kappa shape index (κ3) is 2.17. The molecule has 17 heavy (non-hydrogen) atoms. The number of hydrogen-bond donors (Lipinski definition) is 1. The number of carbonyl (C=O) groups is 1. The van der Waals surface area contributed by atoms with E-state index in [1.54, 1.807) is 0 Å². The van der Waals surface area contributed by atoms with Gasteiger partial charge in [-0.15, -0.1) is 0 Å². The van der Waals surface area contributed by atoms with Crippen molar-refractivity contribution in [2.45, 2.75) is 19.6 Å². The predicted octanol–water partition coefficient (Wildman–Crippen LogP) is 1.79. The van der Waals surface area contributed by atoms with Crippen LogP contribution in [0.4, 0.5) is 0 Å². The largest absolute Gasteiger partial charge is 0.469 e. The molecule has 1 aromatic rings. The van der Waals surface area contributed by atoms with Crippen LogP contribution in [0.1, 0.15) is 25.1 Å². The summed E-state index contributed by atoms with van der Waals surface area (Å²) in [7, 11) is 0. The maximum atomic E-state index is 11.2. The van der Waals surface area contributed by atoms with Gasteiger partial charge in [-0.1, -0.05) is 30.3 Å². The van der Waals surface area contributed by atoms with Crippen LogP contribution in [-0.2, 0) is 9.53 Å². The maximum absolute atomic E-state index is 11.2. The number of aliphatic hydroxyl groups excluding tert-OH is 1. The van der Waals surface area contributed by atoms with Crippen molar-refractivity contribution in [2.75, 3.05) is 6.61 Å². The highest BCUT2D eigenvalue weighted by Crippen LogP contribution is 2.36. The second-order valence-corrected chi connectivity index (χ2v) is 3.87. The summed E-state index contributed by atoms with van der Waals surface area (Å²) in [5.74, 6) is 0.694. The van der Waals surface area contributed by atoms with E-state index in [1.165, 1.54) is 4.90 Å². The average molecular weight is 233 g/mol. The summed E-state index contributed by atoms with van der Waals surface area (Å²) in [6.45, 7) is 1.81. The highest BCUT2D eigenvalue weighted by Gasteiger charge is 2.31. The number of aliphatic hydroxyl groups is 1. The molecule has 0 fully saturated rings. The monoisotopic (exact) mass is 233 g/mol. The van der Waals surface area contributed by atoms with E-state index in [4.69, 9.17) is 9.84 Å². The summed E-state index contributed by atoms with van der Waals surface area (Å²) < 4.78 is 5.68. The molecule has 1 aliphatic rings. The van der Waals surface area contributed by atoms with Crippen molar-refractivity contribution >= 4 is 6.41 Å². The quantitative estimate of drug-likeness (QED) is 0.806. The molecule has 2 rings (SSSR count). The number of benzene rings is 1. The van der Waals surface area contributed by atoms with Gasteiger partial charge in [0.05, 0.1) is 5.70 Å². The van der Waals surface area contributed by atoms with Crippen LogP contribution in [-0.4, -0.2) is 23.0 Å². The normalized spacial score (nSPS) is 19.4. The summed E-state index contributed by atoms with van der Waals surface area (Å²) in [6, 6.07) is 9.55. The Bertz CT molecular complexity index is 428. The zero-order valence-corrected chi connectivity index (χ0v) is 9.67. The van der Waals surface area contributed by atoms with E-state index in [0.29, 0.717) is 12.2 Å². The van der Waals surface area contributed by atoms with Crippen molar-refractivity contribution in [3.63, 3.8) is 0 Å². The van der Waals surface area contributed by atoms with Gasteiger partial charge in [0.15, 0.2) is 0 Å². The minimum absolute atomic E-state index is 0.00187. The first-order chi connectivity index (χ1) is 8.27. The molecular formula is C13H15NO3. The molecule has 1 aromatic carbocycles. The van der Waals surface area contributed by atoms with Crippen LogP contribution in [0, 0.1) is 0 Å². The van der Waals surface area contributed by atoms with Gasteiger partial charge >= 0.3 is 0 Å². The van der Waals surface area contributed by atoms with Crippen LogP contribution in [0.5, 0.6) is 0 Å². The molecule has 0 radical (unpaired) electrons. The van der Waals surface area contributed by atoms with Gasteiger partial charge in [0.25, 0.3) is 0 Å². The minimum atomic E-state index is -0.407. The third-order valence-electron chi connectivity index (χ3n) is 2.81. The number of hydrogen-bond acceptors (Lipinski definition) is 3. The van der Waals surface area contributed by atoms with Crippen LogP contribution < -0.4 is 0 Å². The molecule has 1 N–H and O–H groups in total. The molecule has 0 aromatic heterocycles. The number of ether oxygens (including phenoxy) is 1. The molecule has 1 heterocycles. The first-order valence-corrected chi connectivity index (χ1v) is 5.53. The molecule has 0 saturated carbocycles. The fourth-order valence-corrected chi connectivity index (χ4v) is 1.99. The molecule has 4 nitrogen and oxygen atoms in total. The lowest BCUT2D eigenvalue weighted by Crippen LogP contribution is -2.23. The van der Waals surface area contributed by atoms with Crippen molar-refractivity contribution in [3.05, 3.63) is 47.4 Å². The molecule has 0 spiro atoms. The summed E-state index contributed by atoms with van der Waals surface area (Å²) in [5, 5.41) is 8.98. The molecule has 1 unspecified atom stereocenters. The van der Waals surface area contributed by atoms with Crippen molar-refractivity contribution in [1.82, 2.24) is 4.90 Å². The molecular weight excluding hydrogens is 218 g/mol. The van der Waals surface area contributed by atoms with Gasteiger partial charge < -0.3 is 9.84 Å². The number of nitrogens with zero attached hydrogens (tertiary/aromatic N) is 1.